The minimum Gasteiger partial charge on any atom is -0.314 e. The van der Waals surface area contributed by atoms with Crippen molar-refractivity contribution in [1.82, 2.24) is 5.32 Å². The van der Waals surface area contributed by atoms with Crippen molar-refractivity contribution in [3.05, 3.63) is 0 Å². The van der Waals surface area contributed by atoms with Crippen LogP contribution in [0.15, 0.2) is 0 Å². The molecule has 0 saturated carbocycles. The van der Waals surface area contributed by atoms with Crippen molar-refractivity contribution >= 4 is 0 Å². The molecule has 0 aromatic rings. The Morgan fingerprint density at radius 3 is 1.96 bits per heavy atom. The highest BCUT2D eigenvalue weighted by atomic mass is 14.9. The van der Waals surface area contributed by atoms with Crippen LogP contribution in [-0.4, -0.2) is 12.6 Å². The Labute approximate surface area is 154 Å². The van der Waals surface area contributed by atoms with Crippen LogP contribution in [0, 0.1) is 22.7 Å². The molecule has 0 amide bonds. The summed E-state index contributed by atoms with van der Waals surface area (Å²) in [6.45, 7) is 22.9. The Morgan fingerprint density at radius 2 is 1.50 bits per heavy atom. The van der Waals surface area contributed by atoms with E-state index in [0.717, 1.165) is 18.4 Å². The van der Waals surface area contributed by atoms with Gasteiger partial charge in [0.2, 0.25) is 0 Å². The van der Waals surface area contributed by atoms with Crippen LogP contribution in [0.5, 0.6) is 0 Å². The van der Waals surface area contributed by atoms with Gasteiger partial charge < -0.3 is 5.32 Å². The van der Waals surface area contributed by atoms with Gasteiger partial charge in [-0.1, -0.05) is 81.6 Å². The zero-order valence-electron chi connectivity index (χ0n) is 18.6. The summed E-state index contributed by atoms with van der Waals surface area (Å²) in [6, 6.07) is 0.665. The molecule has 0 saturated heterocycles. The van der Waals surface area contributed by atoms with E-state index < -0.39 is 0 Å². The van der Waals surface area contributed by atoms with Crippen molar-refractivity contribution in [2.75, 3.05) is 6.54 Å². The van der Waals surface area contributed by atoms with Crippen LogP contribution in [0.3, 0.4) is 0 Å². The van der Waals surface area contributed by atoms with Gasteiger partial charge in [-0.2, -0.15) is 0 Å². The van der Waals surface area contributed by atoms with E-state index in [4.69, 9.17) is 0 Å². The summed E-state index contributed by atoms with van der Waals surface area (Å²) < 4.78 is 0. The molecule has 4 unspecified atom stereocenters. The van der Waals surface area contributed by atoms with Crippen LogP contribution in [0.25, 0.3) is 0 Å². The van der Waals surface area contributed by atoms with Crippen molar-refractivity contribution in [2.45, 2.75) is 120 Å². The summed E-state index contributed by atoms with van der Waals surface area (Å²) in [7, 11) is 0. The standard InChI is InChI=1S/C23H49N/c1-10-15-22(7,8)16-14-19(5)18-23(9,13-4)20(6)21(12-3)24-17-11-2/h19-21,24H,10-18H2,1-9H3. The van der Waals surface area contributed by atoms with Gasteiger partial charge in [0.15, 0.2) is 0 Å². The predicted octanol–water partition coefficient (Wildman–Crippen LogP) is 7.45. The Morgan fingerprint density at radius 1 is 0.875 bits per heavy atom. The minimum absolute atomic E-state index is 0.454. The first-order valence-corrected chi connectivity index (χ1v) is 10.9. The van der Waals surface area contributed by atoms with Gasteiger partial charge in [0.1, 0.15) is 0 Å². The smallest absolute Gasteiger partial charge is 0.00952 e. The van der Waals surface area contributed by atoms with Gasteiger partial charge in [-0.15, -0.1) is 0 Å². The largest absolute Gasteiger partial charge is 0.314 e. The molecule has 0 radical (unpaired) electrons. The van der Waals surface area contributed by atoms with E-state index in [1.54, 1.807) is 0 Å². The molecule has 0 bridgehead atoms. The second kappa shape index (κ2) is 11.6. The molecule has 1 heteroatoms. The lowest BCUT2D eigenvalue weighted by Gasteiger charge is -2.42. The fourth-order valence-electron chi connectivity index (χ4n) is 4.48. The van der Waals surface area contributed by atoms with E-state index in [9.17, 15) is 0 Å². The van der Waals surface area contributed by atoms with Crippen LogP contribution in [-0.2, 0) is 0 Å². The third-order valence-corrected chi connectivity index (χ3v) is 6.66. The van der Waals surface area contributed by atoms with E-state index in [0.29, 0.717) is 16.9 Å². The molecule has 0 aliphatic heterocycles. The van der Waals surface area contributed by atoms with E-state index in [2.05, 4.69) is 67.6 Å². The van der Waals surface area contributed by atoms with E-state index in [1.807, 2.05) is 0 Å². The highest BCUT2D eigenvalue weighted by Gasteiger charge is 2.35. The monoisotopic (exact) mass is 339 g/mol. The summed E-state index contributed by atoms with van der Waals surface area (Å²) in [5, 5.41) is 3.81. The maximum atomic E-state index is 3.81. The molecule has 0 spiro atoms. The van der Waals surface area contributed by atoms with Crippen molar-refractivity contribution in [2.24, 2.45) is 22.7 Å². The summed E-state index contributed by atoms with van der Waals surface area (Å²) in [5.41, 5.74) is 0.974. The predicted molar refractivity (Wildman–Crippen MR) is 112 cm³/mol. The van der Waals surface area contributed by atoms with Crippen LogP contribution < -0.4 is 5.32 Å². The van der Waals surface area contributed by atoms with Gasteiger partial charge in [-0.25, -0.2) is 0 Å². The van der Waals surface area contributed by atoms with E-state index in [1.165, 1.54) is 51.4 Å². The van der Waals surface area contributed by atoms with E-state index >= 15 is 0 Å². The van der Waals surface area contributed by atoms with Gasteiger partial charge in [0.25, 0.3) is 0 Å². The molecule has 4 atom stereocenters. The van der Waals surface area contributed by atoms with Crippen molar-refractivity contribution in [1.29, 1.82) is 0 Å². The number of hydrogen-bond acceptors (Lipinski definition) is 1. The lowest BCUT2D eigenvalue weighted by Crippen LogP contribution is -2.43. The first-order chi connectivity index (χ1) is 11.2. The molecule has 0 heterocycles. The molecule has 0 aromatic carbocycles. The Hall–Kier alpha value is -0.0400. The van der Waals surface area contributed by atoms with Crippen LogP contribution in [0.4, 0.5) is 0 Å². The molecule has 0 rings (SSSR count). The molecule has 24 heavy (non-hydrogen) atoms. The SMILES string of the molecule is CCCNC(CC)C(C)C(C)(CC)CC(C)CCC(C)(C)CCC. The number of nitrogens with one attached hydrogen (secondary N) is 1. The number of hydrogen-bond donors (Lipinski definition) is 1. The topological polar surface area (TPSA) is 12.0 Å². The molecule has 0 aliphatic rings. The molecular weight excluding hydrogens is 290 g/mol. The quantitative estimate of drug-likeness (QED) is 0.346. The number of rotatable bonds is 14. The maximum absolute atomic E-state index is 3.81. The molecule has 0 aliphatic carbocycles. The first kappa shape index (κ1) is 24.0. The molecule has 146 valence electrons. The van der Waals surface area contributed by atoms with Gasteiger partial charge in [0.05, 0.1) is 0 Å². The summed E-state index contributed by atoms with van der Waals surface area (Å²) in [6.07, 6.45) is 10.6. The molecule has 0 aromatic heterocycles. The fraction of sp³-hybridized carbons (Fsp3) is 1.00. The fourth-order valence-corrected chi connectivity index (χ4v) is 4.48. The second-order valence-electron chi connectivity index (χ2n) is 9.53. The lowest BCUT2D eigenvalue weighted by atomic mass is 9.66. The van der Waals surface area contributed by atoms with Crippen molar-refractivity contribution in [3.63, 3.8) is 0 Å². The molecule has 1 N–H and O–H groups in total. The molecule has 0 fully saturated rings. The second-order valence-corrected chi connectivity index (χ2v) is 9.53. The molecular formula is C23H49N. The first-order valence-electron chi connectivity index (χ1n) is 10.9. The van der Waals surface area contributed by atoms with Gasteiger partial charge >= 0.3 is 0 Å². The van der Waals surface area contributed by atoms with Crippen LogP contribution in [0.2, 0.25) is 0 Å². The Bertz CT molecular complexity index is 309. The van der Waals surface area contributed by atoms with Crippen LogP contribution >= 0.6 is 0 Å². The average Bonchev–Trinajstić information content (AvgIpc) is 2.53. The van der Waals surface area contributed by atoms with Gasteiger partial charge in [-0.3, -0.25) is 0 Å². The van der Waals surface area contributed by atoms with Gasteiger partial charge in [-0.05, 0) is 61.3 Å². The highest BCUT2D eigenvalue weighted by molar-refractivity contribution is 4.88. The third kappa shape index (κ3) is 8.37. The maximum Gasteiger partial charge on any atom is 0.00952 e. The molecule has 1 nitrogen and oxygen atoms in total. The minimum atomic E-state index is 0.454. The van der Waals surface area contributed by atoms with Crippen LogP contribution in [0.1, 0.15) is 114 Å². The Balaban J connectivity index is 4.72. The average molecular weight is 340 g/mol. The third-order valence-electron chi connectivity index (χ3n) is 6.66. The summed E-state index contributed by atoms with van der Waals surface area (Å²) in [5.74, 6) is 1.57. The lowest BCUT2D eigenvalue weighted by molar-refractivity contribution is 0.104. The van der Waals surface area contributed by atoms with Crippen molar-refractivity contribution < 1.29 is 0 Å². The van der Waals surface area contributed by atoms with Gasteiger partial charge in [0, 0.05) is 6.04 Å². The normalized spacial score (nSPS) is 18.9. The summed E-state index contributed by atoms with van der Waals surface area (Å²) >= 11 is 0. The zero-order chi connectivity index (χ0) is 18.8. The summed E-state index contributed by atoms with van der Waals surface area (Å²) in [4.78, 5) is 0. The van der Waals surface area contributed by atoms with E-state index in [-0.39, 0.29) is 0 Å². The Kier molecular flexibility index (Phi) is 11.5. The zero-order valence-corrected chi connectivity index (χ0v) is 18.6. The van der Waals surface area contributed by atoms with Crippen molar-refractivity contribution in [3.8, 4) is 0 Å². The highest BCUT2D eigenvalue weighted by Crippen LogP contribution is 2.42.